The van der Waals surface area contributed by atoms with Crippen LogP contribution in [-0.4, -0.2) is 19.1 Å². The summed E-state index contributed by atoms with van der Waals surface area (Å²) in [7, 11) is 0. The monoisotopic (exact) mass is 388 g/mol. The molecule has 5 heteroatoms. The molecule has 4 nitrogen and oxygen atoms in total. The zero-order valence-electron chi connectivity index (χ0n) is 13.6. The van der Waals surface area contributed by atoms with Gasteiger partial charge in [-0.3, -0.25) is 4.79 Å². The van der Waals surface area contributed by atoms with Gasteiger partial charge in [-0.05, 0) is 55.2 Å². The van der Waals surface area contributed by atoms with Crippen molar-refractivity contribution in [3.63, 3.8) is 0 Å². The molecular formula is C19H21BrN2O2. The van der Waals surface area contributed by atoms with Crippen molar-refractivity contribution in [1.29, 1.82) is 0 Å². The van der Waals surface area contributed by atoms with Gasteiger partial charge in [-0.25, -0.2) is 0 Å². The van der Waals surface area contributed by atoms with E-state index in [1.807, 2.05) is 31.2 Å². The predicted octanol–water partition coefficient (Wildman–Crippen LogP) is 3.78. The minimum absolute atomic E-state index is 0.0929. The number of hydrogen-bond donors (Lipinski definition) is 2. The fourth-order valence-electron chi connectivity index (χ4n) is 3.14. The number of carbonyl (C=O) groups is 1. The third-order valence-corrected chi connectivity index (χ3v) is 5.13. The summed E-state index contributed by atoms with van der Waals surface area (Å²) in [6, 6.07) is 13.5. The summed E-state index contributed by atoms with van der Waals surface area (Å²) in [5, 5.41) is 3.26. The first-order valence-corrected chi connectivity index (χ1v) is 8.82. The molecule has 0 unspecified atom stereocenters. The third-order valence-electron chi connectivity index (χ3n) is 4.60. The van der Waals surface area contributed by atoms with Crippen molar-refractivity contribution in [2.45, 2.75) is 25.3 Å². The summed E-state index contributed by atoms with van der Waals surface area (Å²) < 4.78 is 6.54. The predicted molar refractivity (Wildman–Crippen MR) is 98.9 cm³/mol. The van der Waals surface area contributed by atoms with E-state index in [9.17, 15) is 4.79 Å². The Hall–Kier alpha value is -1.85. The number of nitrogens with one attached hydrogen (secondary N) is 1. The first kappa shape index (κ1) is 17.0. The summed E-state index contributed by atoms with van der Waals surface area (Å²) in [4.78, 5) is 12.9. The highest BCUT2D eigenvalue weighted by Crippen LogP contribution is 2.33. The van der Waals surface area contributed by atoms with Crippen molar-refractivity contribution in [3.8, 4) is 0 Å². The molecule has 2 aromatic rings. The molecule has 3 N–H and O–H groups in total. The number of amides is 1. The van der Waals surface area contributed by atoms with E-state index in [1.54, 1.807) is 6.07 Å². The van der Waals surface area contributed by atoms with Crippen molar-refractivity contribution >= 4 is 27.5 Å². The molecule has 1 fully saturated rings. The molecule has 1 aliphatic rings. The lowest BCUT2D eigenvalue weighted by molar-refractivity contribution is 0.0345. The second-order valence-electron chi connectivity index (χ2n) is 6.23. The smallest absolute Gasteiger partial charge is 0.252 e. The number of anilines is 1. The summed E-state index contributed by atoms with van der Waals surface area (Å²) in [6.07, 6.45) is 1.50. The topological polar surface area (TPSA) is 64.4 Å². The van der Waals surface area contributed by atoms with Crippen LogP contribution in [0.25, 0.3) is 0 Å². The van der Waals surface area contributed by atoms with Crippen LogP contribution in [0.1, 0.15) is 34.3 Å². The molecule has 126 valence electrons. The highest BCUT2D eigenvalue weighted by Gasteiger charge is 2.36. The van der Waals surface area contributed by atoms with E-state index in [0.29, 0.717) is 24.5 Å². The van der Waals surface area contributed by atoms with E-state index < -0.39 is 5.54 Å². The molecule has 0 aliphatic carbocycles. The molecule has 0 bridgehead atoms. The second kappa shape index (κ2) is 6.95. The maximum Gasteiger partial charge on any atom is 0.252 e. The molecule has 0 saturated carbocycles. The Labute approximate surface area is 150 Å². The van der Waals surface area contributed by atoms with Crippen LogP contribution in [-0.2, 0) is 10.3 Å². The Morgan fingerprint density at radius 3 is 2.50 bits per heavy atom. The fraction of sp³-hybridized carbons (Fsp3) is 0.316. The zero-order chi connectivity index (χ0) is 17.2. The normalized spacial score (nSPS) is 16.6. The maximum absolute atomic E-state index is 12.9. The molecule has 1 heterocycles. The average Bonchev–Trinajstić information content (AvgIpc) is 2.58. The van der Waals surface area contributed by atoms with Gasteiger partial charge in [0.1, 0.15) is 0 Å². The molecule has 1 amide bonds. The van der Waals surface area contributed by atoms with Crippen LogP contribution in [0.2, 0.25) is 0 Å². The van der Waals surface area contributed by atoms with Gasteiger partial charge in [0.25, 0.3) is 5.91 Å². The lowest BCUT2D eigenvalue weighted by Crippen LogP contribution is -2.49. The minimum atomic E-state index is -0.410. The van der Waals surface area contributed by atoms with Crippen molar-refractivity contribution in [1.82, 2.24) is 5.32 Å². The van der Waals surface area contributed by atoms with E-state index in [1.165, 1.54) is 0 Å². The average molecular weight is 389 g/mol. The minimum Gasteiger partial charge on any atom is -0.399 e. The SMILES string of the molecule is Cc1ccc(N)cc1C(=O)NC1(c2ccc(Br)cc2)CCOCC1. The highest BCUT2D eigenvalue weighted by molar-refractivity contribution is 9.10. The van der Waals surface area contributed by atoms with Crippen molar-refractivity contribution in [2.24, 2.45) is 0 Å². The molecule has 2 aromatic carbocycles. The Morgan fingerprint density at radius 2 is 1.83 bits per heavy atom. The van der Waals surface area contributed by atoms with Gasteiger partial charge in [-0.2, -0.15) is 0 Å². The lowest BCUT2D eigenvalue weighted by Gasteiger charge is -2.38. The number of benzene rings is 2. The van der Waals surface area contributed by atoms with Gasteiger partial charge < -0.3 is 15.8 Å². The molecule has 0 radical (unpaired) electrons. The van der Waals surface area contributed by atoms with E-state index in [2.05, 4.69) is 33.4 Å². The third kappa shape index (κ3) is 3.47. The van der Waals surface area contributed by atoms with E-state index in [4.69, 9.17) is 10.5 Å². The number of carbonyl (C=O) groups excluding carboxylic acids is 1. The van der Waals surface area contributed by atoms with Crippen LogP contribution in [0.15, 0.2) is 46.9 Å². The quantitative estimate of drug-likeness (QED) is 0.786. The summed E-state index contributed by atoms with van der Waals surface area (Å²) >= 11 is 3.47. The van der Waals surface area contributed by atoms with Crippen molar-refractivity contribution in [3.05, 3.63) is 63.6 Å². The van der Waals surface area contributed by atoms with Gasteiger partial charge in [0.05, 0.1) is 5.54 Å². The number of aryl methyl sites for hydroxylation is 1. The largest absolute Gasteiger partial charge is 0.399 e. The number of halogens is 1. The molecule has 24 heavy (non-hydrogen) atoms. The first-order chi connectivity index (χ1) is 11.5. The second-order valence-corrected chi connectivity index (χ2v) is 7.15. The molecule has 0 spiro atoms. The van der Waals surface area contributed by atoms with Gasteiger partial charge >= 0.3 is 0 Å². The standard InChI is InChI=1S/C19H21BrN2O2/c1-13-2-7-16(21)12-17(13)18(23)22-19(8-10-24-11-9-19)14-3-5-15(20)6-4-14/h2-7,12H,8-11,21H2,1H3,(H,22,23). The van der Waals surface area contributed by atoms with E-state index in [0.717, 1.165) is 28.4 Å². The Morgan fingerprint density at radius 1 is 1.17 bits per heavy atom. The highest BCUT2D eigenvalue weighted by atomic mass is 79.9. The first-order valence-electron chi connectivity index (χ1n) is 8.03. The van der Waals surface area contributed by atoms with Crippen LogP contribution in [0.4, 0.5) is 5.69 Å². The van der Waals surface area contributed by atoms with Crippen LogP contribution in [0, 0.1) is 6.92 Å². The Kier molecular flexibility index (Phi) is 4.92. The fourth-order valence-corrected chi connectivity index (χ4v) is 3.41. The van der Waals surface area contributed by atoms with Crippen molar-refractivity contribution in [2.75, 3.05) is 18.9 Å². The lowest BCUT2D eigenvalue weighted by atomic mass is 9.82. The number of hydrogen-bond acceptors (Lipinski definition) is 3. The summed E-state index contributed by atoms with van der Waals surface area (Å²) in [5.74, 6) is -0.0929. The van der Waals surface area contributed by atoms with Gasteiger partial charge in [0.2, 0.25) is 0 Å². The van der Waals surface area contributed by atoms with Crippen LogP contribution in [0.5, 0.6) is 0 Å². The summed E-state index contributed by atoms with van der Waals surface area (Å²) in [6.45, 7) is 3.18. The molecule has 0 atom stereocenters. The molecule has 1 aliphatic heterocycles. The number of ether oxygens (including phenoxy) is 1. The van der Waals surface area contributed by atoms with E-state index >= 15 is 0 Å². The maximum atomic E-state index is 12.9. The summed E-state index contributed by atoms with van der Waals surface area (Å²) in [5.41, 5.74) is 8.68. The molecule has 1 saturated heterocycles. The molecular weight excluding hydrogens is 368 g/mol. The van der Waals surface area contributed by atoms with Gasteiger partial charge in [0, 0.05) is 28.9 Å². The van der Waals surface area contributed by atoms with Crippen LogP contribution >= 0.6 is 15.9 Å². The van der Waals surface area contributed by atoms with E-state index in [-0.39, 0.29) is 5.91 Å². The van der Waals surface area contributed by atoms with Gasteiger partial charge in [0.15, 0.2) is 0 Å². The van der Waals surface area contributed by atoms with Gasteiger partial charge in [-0.1, -0.05) is 34.1 Å². The number of nitrogens with two attached hydrogens (primary N) is 1. The Balaban J connectivity index is 1.93. The van der Waals surface area contributed by atoms with Crippen molar-refractivity contribution < 1.29 is 9.53 Å². The van der Waals surface area contributed by atoms with Crippen LogP contribution in [0.3, 0.4) is 0 Å². The van der Waals surface area contributed by atoms with Gasteiger partial charge in [-0.15, -0.1) is 0 Å². The Bertz CT molecular complexity index is 738. The molecule has 3 rings (SSSR count). The van der Waals surface area contributed by atoms with Crippen LogP contribution < -0.4 is 11.1 Å². The number of rotatable bonds is 3. The molecule has 0 aromatic heterocycles. The number of nitrogen functional groups attached to an aromatic ring is 1. The zero-order valence-corrected chi connectivity index (χ0v) is 15.2.